The third-order valence-corrected chi connectivity index (χ3v) is 3.38. The van der Waals surface area contributed by atoms with E-state index in [-0.39, 0.29) is 11.9 Å². The molecule has 0 bridgehead atoms. The van der Waals surface area contributed by atoms with Crippen LogP contribution in [0.15, 0.2) is 12.1 Å². The van der Waals surface area contributed by atoms with Crippen LogP contribution in [0.3, 0.4) is 0 Å². The smallest absolute Gasteiger partial charge is 0.128 e. The van der Waals surface area contributed by atoms with Crippen molar-refractivity contribution < 1.29 is 4.39 Å². The van der Waals surface area contributed by atoms with Gasteiger partial charge in [0.25, 0.3) is 0 Å². The lowest BCUT2D eigenvalue weighted by atomic mass is 9.94. The lowest BCUT2D eigenvalue weighted by Gasteiger charge is -2.21. The fourth-order valence-electron chi connectivity index (χ4n) is 2.56. The van der Waals surface area contributed by atoms with Gasteiger partial charge >= 0.3 is 0 Å². The second-order valence-electron chi connectivity index (χ2n) is 5.08. The van der Waals surface area contributed by atoms with Crippen molar-refractivity contribution in [1.29, 1.82) is 0 Å². The van der Waals surface area contributed by atoms with Crippen LogP contribution >= 0.6 is 0 Å². The summed E-state index contributed by atoms with van der Waals surface area (Å²) in [5.41, 5.74) is 2.92. The van der Waals surface area contributed by atoms with Crippen LogP contribution in [0.4, 0.5) is 4.39 Å². The maximum atomic E-state index is 14.2. The van der Waals surface area contributed by atoms with Crippen LogP contribution in [-0.2, 0) is 0 Å². The molecule has 0 aromatic heterocycles. The molecular weight excluding hydrogens is 225 g/mol. The molecule has 0 fully saturated rings. The Morgan fingerprint density at radius 3 is 2.44 bits per heavy atom. The molecule has 0 saturated carbocycles. The number of nitrogens with one attached hydrogen (secondary N) is 1. The van der Waals surface area contributed by atoms with Gasteiger partial charge in [-0.05, 0) is 44.0 Å². The lowest BCUT2D eigenvalue weighted by Crippen LogP contribution is -2.23. The number of unbranched alkanes of at least 4 members (excludes halogenated alkanes) is 2. The molecule has 2 heteroatoms. The molecule has 0 aliphatic heterocycles. The van der Waals surface area contributed by atoms with Gasteiger partial charge in [0.1, 0.15) is 5.82 Å². The predicted octanol–water partition coefficient (Wildman–Crippen LogP) is 4.67. The van der Waals surface area contributed by atoms with Crippen LogP contribution in [0.5, 0.6) is 0 Å². The van der Waals surface area contributed by atoms with Gasteiger partial charge in [-0.15, -0.1) is 0 Å². The summed E-state index contributed by atoms with van der Waals surface area (Å²) in [5.74, 6) is -0.0602. The zero-order chi connectivity index (χ0) is 13.5. The topological polar surface area (TPSA) is 12.0 Å². The Hall–Kier alpha value is -0.890. The van der Waals surface area contributed by atoms with Crippen molar-refractivity contribution in [2.75, 3.05) is 6.54 Å². The van der Waals surface area contributed by atoms with Gasteiger partial charge in [-0.3, -0.25) is 0 Å². The van der Waals surface area contributed by atoms with Gasteiger partial charge in [0.2, 0.25) is 0 Å². The monoisotopic (exact) mass is 251 g/mol. The molecule has 1 unspecified atom stereocenters. The molecule has 0 radical (unpaired) electrons. The Bertz CT molecular complexity index is 350. The second-order valence-corrected chi connectivity index (χ2v) is 5.08. The summed E-state index contributed by atoms with van der Waals surface area (Å²) >= 11 is 0. The summed E-state index contributed by atoms with van der Waals surface area (Å²) in [6.45, 7) is 9.10. The van der Waals surface area contributed by atoms with E-state index in [9.17, 15) is 4.39 Å². The normalized spacial score (nSPS) is 12.7. The van der Waals surface area contributed by atoms with Crippen LogP contribution < -0.4 is 5.32 Å². The first-order valence-corrected chi connectivity index (χ1v) is 7.10. The third kappa shape index (κ3) is 4.09. The molecule has 0 heterocycles. The van der Waals surface area contributed by atoms with Gasteiger partial charge in [0, 0.05) is 11.6 Å². The van der Waals surface area contributed by atoms with E-state index in [0.717, 1.165) is 36.1 Å². The zero-order valence-corrected chi connectivity index (χ0v) is 12.1. The standard InChI is InChI=1S/C16H26FN/c1-5-7-8-9-15(18-6-2)16-13(4)10-12(3)11-14(16)17/h10-11,15,18H,5-9H2,1-4H3. The summed E-state index contributed by atoms with van der Waals surface area (Å²) < 4.78 is 14.2. The maximum absolute atomic E-state index is 14.2. The first-order chi connectivity index (χ1) is 8.60. The lowest BCUT2D eigenvalue weighted by molar-refractivity contribution is 0.462. The van der Waals surface area contributed by atoms with Gasteiger partial charge < -0.3 is 5.32 Å². The highest BCUT2D eigenvalue weighted by Crippen LogP contribution is 2.26. The van der Waals surface area contributed by atoms with E-state index >= 15 is 0 Å². The highest BCUT2D eigenvalue weighted by molar-refractivity contribution is 5.34. The minimum absolute atomic E-state index is 0.0602. The van der Waals surface area contributed by atoms with Gasteiger partial charge in [-0.1, -0.05) is 39.2 Å². The van der Waals surface area contributed by atoms with Crippen molar-refractivity contribution in [2.24, 2.45) is 0 Å². The summed E-state index contributed by atoms with van der Waals surface area (Å²) in [5, 5.41) is 3.42. The van der Waals surface area contributed by atoms with Crippen LogP contribution in [-0.4, -0.2) is 6.54 Å². The largest absolute Gasteiger partial charge is 0.310 e. The number of halogens is 1. The Kier molecular flexibility index (Phi) is 6.34. The molecule has 0 spiro atoms. The van der Waals surface area contributed by atoms with E-state index in [1.807, 2.05) is 13.8 Å². The molecular formula is C16H26FN. The summed E-state index contributed by atoms with van der Waals surface area (Å²) in [4.78, 5) is 0. The number of rotatable bonds is 7. The number of aryl methyl sites for hydroxylation is 2. The average molecular weight is 251 g/mol. The highest BCUT2D eigenvalue weighted by atomic mass is 19.1. The minimum atomic E-state index is -0.0602. The second kappa shape index (κ2) is 7.52. The van der Waals surface area contributed by atoms with E-state index < -0.39 is 0 Å². The molecule has 0 saturated heterocycles. The average Bonchev–Trinajstić information content (AvgIpc) is 2.28. The van der Waals surface area contributed by atoms with E-state index in [0.29, 0.717) is 0 Å². The number of hydrogen-bond acceptors (Lipinski definition) is 1. The Morgan fingerprint density at radius 2 is 1.89 bits per heavy atom. The summed E-state index contributed by atoms with van der Waals surface area (Å²) in [7, 11) is 0. The van der Waals surface area contributed by atoms with Crippen molar-refractivity contribution in [3.63, 3.8) is 0 Å². The SMILES string of the molecule is CCCCCC(NCC)c1c(C)cc(C)cc1F. The number of hydrogen-bond donors (Lipinski definition) is 1. The molecule has 102 valence electrons. The van der Waals surface area contributed by atoms with Crippen LogP contribution in [0.2, 0.25) is 0 Å². The summed E-state index contributed by atoms with van der Waals surface area (Å²) in [6.07, 6.45) is 4.59. The quantitative estimate of drug-likeness (QED) is 0.694. The van der Waals surface area contributed by atoms with Crippen molar-refractivity contribution >= 4 is 0 Å². The zero-order valence-electron chi connectivity index (χ0n) is 12.1. The van der Waals surface area contributed by atoms with Crippen LogP contribution in [0, 0.1) is 19.7 Å². The predicted molar refractivity (Wildman–Crippen MR) is 76.4 cm³/mol. The molecule has 1 nitrogen and oxygen atoms in total. The van der Waals surface area contributed by atoms with Crippen molar-refractivity contribution in [2.45, 2.75) is 59.4 Å². The molecule has 1 atom stereocenters. The van der Waals surface area contributed by atoms with E-state index in [2.05, 4.69) is 25.2 Å². The summed E-state index contributed by atoms with van der Waals surface area (Å²) in [6, 6.07) is 3.87. The maximum Gasteiger partial charge on any atom is 0.128 e. The van der Waals surface area contributed by atoms with E-state index in [1.165, 1.54) is 12.8 Å². The molecule has 1 rings (SSSR count). The molecule has 1 aromatic rings. The fourth-order valence-corrected chi connectivity index (χ4v) is 2.56. The highest BCUT2D eigenvalue weighted by Gasteiger charge is 2.17. The van der Waals surface area contributed by atoms with Crippen molar-refractivity contribution in [1.82, 2.24) is 5.32 Å². The van der Waals surface area contributed by atoms with Crippen LogP contribution in [0.1, 0.15) is 62.3 Å². The molecule has 0 aliphatic carbocycles. The fraction of sp³-hybridized carbons (Fsp3) is 0.625. The van der Waals surface area contributed by atoms with Crippen molar-refractivity contribution in [3.8, 4) is 0 Å². The van der Waals surface area contributed by atoms with Crippen molar-refractivity contribution in [3.05, 3.63) is 34.6 Å². The Balaban J connectivity index is 2.90. The first kappa shape index (κ1) is 15.2. The van der Waals surface area contributed by atoms with Crippen LogP contribution in [0.25, 0.3) is 0 Å². The molecule has 1 N–H and O–H groups in total. The number of benzene rings is 1. The van der Waals surface area contributed by atoms with Gasteiger partial charge in [-0.2, -0.15) is 0 Å². The van der Waals surface area contributed by atoms with E-state index in [1.54, 1.807) is 6.07 Å². The molecule has 18 heavy (non-hydrogen) atoms. The molecule has 1 aromatic carbocycles. The van der Waals surface area contributed by atoms with Gasteiger partial charge in [-0.25, -0.2) is 4.39 Å². The molecule has 0 aliphatic rings. The Labute approximate surface area is 111 Å². The molecule has 0 amide bonds. The first-order valence-electron chi connectivity index (χ1n) is 7.10. The third-order valence-electron chi connectivity index (χ3n) is 3.38. The van der Waals surface area contributed by atoms with E-state index in [4.69, 9.17) is 0 Å². The van der Waals surface area contributed by atoms with Gasteiger partial charge in [0.15, 0.2) is 0 Å². The van der Waals surface area contributed by atoms with Gasteiger partial charge in [0.05, 0.1) is 0 Å². The minimum Gasteiger partial charge on any atom is -0.310 e. The Morgan fingerprint density at radius 1 is 1.17 bits per heavy atom.